The molecule has 12 heavy (non-hydrogen) atoms. The number of rotatable bonds is 1. The number of carbonyl (C=O) groups is 1. The van der Waals surface area contributed by atoms with Crippen LogP contribution in [0.1, 0.15) is 22.8 Å². The van der Waals surface area contributed by atoms with Crippen molar-refractivity contribution < 1.29 is 9.18 Å². The highest BCUT2D eigenvalue weighted by Gasteiger charge is 2.09. The molecule has 0 radical (unpaired) electrons. The van der Waals surface area contributed by atoms with Crippen molar-refractivity contribution in [3.63, 3.8) is 0 Å². The van der Waals surface area contributed by atoms with Crippen LogP contribution in [0.3, 0.4) is 0 Å². The summed E-state index contributed by atoms with van der Waals surface area (Å²) in [5.74, 6) is -0.307. The Balaban J connectivity index is 3.38. The number of benzene rings is 1. The minimum atomic E-state index is -0.290. The zero-order valence-corrected chi connectivity index (χ0v) is 8.98. The Hall–Kier alpha value is -0.450. The van der Waals surface area contributed by atoms with Crippen LogP contribution < -0.4 is 0 Å². The van der Waals surface area contributed by atoms with E-state index in [1.165, 1.54) is 19.1 Å². The predicted octanol–water partition coefficient (Wildman–Crippen LogP) is 2.94. The molecule has 0 heterocycles. The standard InChI is InChI=1S/C9H8FIO/c1-5-3-7(10)4-8(11)9(5)6(2)12/h3-4H,1-2H3. The van der Waals surface area contributed by atoms with Gasteiger partial charge in [-0.05, 0) is 54.1 Å². The Kier molecular flexibility index (Phi) is 2.82. The lowest BCUT2D eigenvalue weighted by Gasteiger charge is -2.04. The average Bonchev–Trinajstić information content (AvgIpc) is 1.82. The summed E-state index contributed by atoms with van der Waals surface area (Å²) in [6, 6.07) is 2.74. The van der Waals surface area contributed by atoms with E-state index in [4.69, 9.17) is 0 Å². The Morgan fingerprint density at radius 2 is 2.08 bits per heavy atom. The topological polar surface area (TPSA) is 17.1 Å². The first-order chi connectivity index (χ1) is 5.52. The molecule has 0 fully saturated rings. The van der Waals surface area contributed by atoms with Gasteiger partial charge in [0.2, 0.25) is 0 Å². The quantitative estimate of drug-likeness (QED) is 0.570. The number of aryl methyl sites for hydroxylation is 1. The SMILES string of the molecule is CC(=O)c1c(C)cc(F)cc1I. The van der Waals surface area contributed by atoms with Crippen LogP contribution in [0.5, 0.6) is 0 Å². The molecule has 0 atom stereocenters. The van der Waals surface area contributed by atoms with Crippen molar-refractivity contribution in [1.29, 1.82) is 0 Å². The fourth-order valence-electron chi connectivity index (χ4n) is 1.15. The maximum absolute atomic E-state index is 12.8. The lowest BCUT2D eigenvalue weighted by Crippen LogP contribution is -2.00. The van der Waals surface area contributed by atoms with Crippen molar-refractivity contribution in [2.75, 3.05) is 0 Å². The van der Waals surface area contributed by atoms with E-state index in [0.29, 0.717) is 14.7 Å². The molecule has 0 unspecified atom stereocenters. The molecule has 0 saturated heterocycles. The fourth-order valence-corrected chi connectivity index (χ4v) is 2.25. The highest BCUT2D eigenvalue weighted by molar-refractivity contribution is 14.1. The monoisotopic (exact) mass is 278 g/mol. The van der Waals surface area contributed by atoms with E-state index >= 15 is 0 Å². The lowest BCUT2D eigenvalue weighted by molar-refractivity contribution is 0.101. The Morgan fingerprint density at radius 3 is 2.50 bits per heavy atom. The molecular formula is C9H8FIO. The van der Waals surface area contributed by atoms with Crippen LogP contribution in [0, 0.1) is 16.3 Å². The second kappa shape index (κ2) is 3.51. The third-order valence-corrected chi connectivity index (χ3v) is 2.46. The molecule has 0 bridgehead atoms. The minimum absolute atomic E-state index is 0.0168. The maximum atomic E-state index is 12.8. The van der Waals surface area contributed by atoms with Crippen molar-refractivity contribution in [3.8, 4) is 0 Å². The van der Waals surface area contributed by atoms with E-state index in [-0.39, 0.29) is 11.6 Å². The molecule has 1 nitrogen and oxygen atoms in total. The molecule has 0 N–H and O–H groups in total. The van der Waals surface area contributed by atoms with Crippen molar-refractivity contribution in [3.05, 3.63) is 32.6 Å². The van der Waals surface area contributed by atoms with Gasteiger partial charge in [0.1, 0.15) is 5.82 Å². The van der Waals surface area contributed by atoms with Gasteiger partial charge in [0.05, 0.1) is 0 Å². The van der Waals surface area contributed by atoms with Gasteiger partial charge >= 0.3 is 0 Å². The van der Waals surface area contributed by atoms with E-state index in [2.05, 4.69) is 0 Å². The van der Waals surface area contributed by atoms with E-state index in [1.807, 2.05) is 22.6 Å². The summed E-state index contributed by atoms with van der Waals surface area (Å²) in [6.45, 7) is 3.23. The number of halogens is 2. The van der Waals surface area contributed by atoms with E-state index in [9.17, 15) is 9.18 Å². The van der Waals surface area contributed by atoms with Gasteiger partial charge in [0.25, 0.3) is 0 Å². The molecule has 0 saturated carbocycles. The van der Waals surface area contributed by atoms with Crippen molar-refractivity contribution in [2.45, 2.75) is 13.8 Å². The Labute approximate surface area is 84.1 Å². The van der Waals surface area contributed by atoms with Gasteiger partial charge in [0.15, 0.2) is 5.78 Å². The van der Waals surface area contributed by atoms with Crippen molar-refractivity contribution >= 4 is 28.4 Å². The molecule has 1 aromatic rings. The molecular weight excluding hydrogens is 270 g/mol. The van der Waals surface area contributed by atoms with Crippen molar-refractivity contribution in [2.24, 2.45) is 0 Å². The molecule has 0 amide bonds. The van der Waals surface area contributed by atoms with Crippen molar-refractivity contribution in [1.82, 2.24) is 0 Å². The summed E-state index contributed by atoms with van der Waals surface area (Å²) in [6.07, 6.45) is 0. The molecule has 3 heteroatoms. The number of hydrogen-bond acceptors (Lipinski definition) is 1. The summed E-state index contributed by atoms with van der Waals surface area (Å²) in [4.78, 5) is 11.1. The summed E-state index contributed by atoms with van der Waals surface area (Å²) in [5, 5.41) is 0. The molecule has 0 spiro atoms. The minimum Gasteiger partial charge on any atom is -0.294 e. The largest absolute Gasteiger partial charge is 0.294 e. The third kappa shape index (κ3) is 1.83. The van der Waals surface area contributed by atoms with Crippen LogP contribution in [0.25, 0.3) is 0 Å². The smallest absolute Gasteiger partial charge is 0.161 e. The first kappa shape index (κ1) is 9.64. The number of carbonyl (C=O) groups excluding carboxylic acids is 1. The van der Waals surface area contributed by atoms with Gasteiger partial charge in [-0.25, -0.2) is 4.39 Å². The van der Waals surface area contributed by atoms with Crippen LogP contribution in [0.2, 0.25) is 0 Å². The molecule has 64 valence electrons. The molecule has 1 rings (SSSR count). The number of ketones is 1. The van der Waals surface area contributed by atoms with E-state index < -0.39 is 0 Å². The lowest BCUT2D eigenvalue weighted by atomic mass is 10.1. The second-order valence-electron chi connectivity index (χ2n) is 2.64. The van der Waals surface area contributed by atoms with Crippen LogP contribution in [0.15, 0.2) is 12.1 Å². The van der Waals surface area contributed by atoms with Crippen LogP contribution in [-0.4, -0.2) is 5.78 Å². The normalized spacial score (nSPS) is 10.0. The first-order valence-corrected chi connectivity index (χ1v) is 4.57. The van der Waals surface area contributed by atoms with Gasteiger partial charge in [0, 0.05) is 9.13 Å². The van der Waals surface area contributed by atoms with E-state index in [0.717, 1.165) is 0 Å². The van der Waals surface area contributed by atoms with Crippen LogP contribution in [0.4, 0.5) is 4.39 Å². The maximum Gasteiger partial charge on any atom is 0.161 e. The summed E-state index contributed by atoms with van der Waals surface area (Å²) >= 11 is 1.97. The van der Waals surface area contributed by atoms with Gasteiger partial charge in [-0.1, -0.05) is 0 Å². The van der Waals surface area contributed by atoms with Gasteiger partial charge in [-0.15, -0.1) is 0 Å². The molecule has 0 aromatic heterocycles. The number of hydrogen-bond donors (Lipinski definition) is 0. The summed E-state index contributed by atoms with van der Waals surface area (Å²) in [5.41, 5.74) is 1.32. The first-order valence-electron chi connectivity index (χ1n) is 3.49. The van der Waals surface area contributed by atoms with Crippen LogP contribution in [-0.2, 0) is 0 Å². The number of Topliss-reactive ketones (excluding diaryl/α,β-unsaturated/α-hetero) is 1. The molecule has 0 aliphatic heterocycles. The summed E-state index contributed by atoms with van der Waals surface area (Å²) in [7, 11) is 0. The highest BCUT2D eigenvalue weighted by Crippen LogP contribution is 2.18. The average molecular weight is 278 g/mol. The van der Waals surface area contributed by atoms with E-state index in [1.54, 1.807) is 6.92 Å². The van der Waals surface area contributed by atoms with Crippen LogP contribution >= 0.6 is 22.6 Å². The zero-order chi connectivity index (χ0) is 9.30. The predicted molar refractivity (Wildman–Crippen MR) is 53.9 cm³/mol. The summed E-state index contributed by atoms with van der Waals surface area (Å²) < 4.78 is 13.4. The highest BCUT2D eigenvalue weighted by atomic mass is 127. The second-order valence-corrected chi connectivity index (χ2v) is 3.80. The zero-order valence-electron chi connectivity index (χ0n) is 6.82. The van der Waals surface area contributed by atoms with Gasteiger partial charge in [-0.2, -0.15) is 0 Å². The fraction of sp³-hybridized carbons (Fsp3) is 0.222. The Bertz CT molecular complexity index is 310. The molecule has 0 aliphatic carbocycles. The van der Waals surface area contributed by atoms with Gasteiger partial charge in [-0.3, -0.25) is 4.79 Å². The van der Waals surface area contributed by atoms with Gasteiger partial charge < -0.3 is 0 Å². The Morgan fingerprint density at radius 1 is 1.50 bits per heavy atom. The molecule has 1 aromatic carbocycles. The third-order valence-electron chi connectivity index (χ3n) is 1.60. The molecule has 0 aliphatic rings.